The molecule has 0 aliphatic rings. The molecule has 4 heteroatoms. The van der Waals surface area contributed by atoms with E-state index >= 15 is 0 Å². The Hall–Kier alpha value is -6.52. The summed E-state index contributed by atoms with van der Waals surface area (Å²) in [6.45, 7) is 0. The summed E-state index contributed by atoms with van der Waals surface area (Å²) < 4.78 is 6.24. The summed E-state index contributed by atoms with van der Waals surface area (Å²) in [5.41, 5.74) is 11.6. The number of furan rings is 1. The lowest BCUT2D eigenvalue weighted by molar-refractivity contribution is 0.669. The highest BCUT2D eigenvalue weighted by molar-refractivity contribution is 6.19. The smallest absolute Gasteiger partial charge is 0.136 e. The first-order valence-electron chi connectivity index (χ1n) is 16.2. The molecule has 0 bridgehead atoms. The summed E-state index contributed by atoms with van der Waals surface area (Å²) in [7, 11) is 0. The van der Waals surface area contributed by atoms with Gasteiger partial charge in [0.15, 0.2) is 0 Å². The van der Waals surface area contributed by atoms with Crippen LogP contribution in [0.4, 0.5) is 0 Å². The Labute approximate surface area is 276 Å². The minimum atomic E-state index is 0.883. The molecule has 4 nitrogen and oxygen atoms in total. The van der Waals surface area contributed by atoms with Crippen LogP contribution in [0.25, 0.3) is 93.6 Å². The Kier molecular flexibility index (Phi) is 5.84. The average Bonchev–Trinajstić information content (AvgIpc) is 3.77. The van der Waals surface area contributed by atoms with E-state index in [9.17, 15) is 0 Å². The molecule has 0 unspecified atom stereocenters. The Morgan fingerprint density at radius 2 is 1.12 bits per heavy atom. The fraction of sp³-hybridized carbons (Fsp3) is 0. The number of hydrogen-bond acceptors (Lipinski definition) is 3. The van der Waals surface area contributed by atoms with Gasteiger partial charge in [-0.05, 0) is 92.0 Å². The molecule has 10 aromatic rings. The molecule has 0 aliphatic carbocycles. The van der Waals surface area contributed by atoms with Crippen LogP contribution in [0.5, 0.6) is 0 Å². The zero-order chi connectivity index (χ0) is 31.6. The molecule has 0 N–H and O–H groups in total. The maximum atomic E-state index is 6.24. The molecule has 0 radical (unpaired) electrons. The van der Waals surface area contributed by atoms with Gasteiger partial charge in [-0.25, -0.2) is 0 Å². The normalized spacial score (nSPS) is 11.8. The van der Waals surface area contributed by atoms with Crippen molar-refractivity contribution in [1.82, 2.24) is 15.0 Å². The molecule has 0 saturated carbocycles. The Morgan fingerprint density at radius 3 is 2.06 bits per heavy atom. The molecular formula is C44H27N3O. The number of aromatic nitrogens is 3. The molecule has 10 rings (SSSR count). The number of para-hydroxylation sites is 2. The van der Waals surface area contributed by atoms with Crippen LogP contribution in [0.15, 0.2) is 168 Å². The monoisotopic (exact) mass is 613 g/mol. The third kappa shape index (κ3) is 4.16. The van der Waals surface area contributed by atoms with Crippen molar-refractivity contribution < 1.29 is 4.42 Å². The van der Waals surface area contributed by atoms with Gasteiger partial charge in [0.1, 0.15) is 22.2 Å². The van der Waals surface area contributed by atoms with Gasteiger partial charge < -0.3 is 4.42 Å². The maximum absolute atomic E-state index is 6.24. The molecule has 2 heterocycles. The van der Waals surface area contributed by atoms with Crippen molar-refractivity contribution in [2.45, 2.75) is 0 Å². The predicted octanol–water partition coefficient (Wildman–Crippen LogP) is 11.6. The number of benzene rings is 8. The first kappa shape index (κ1) is 26.7. The average molecular weight is 614 g/mol. The van der Waals surface area contributed by atoms with Crippen LogP contribution in [0.2, 0.25) is 0 Å². The third-order valence-corrected chi connectivity index (χ3v) is 9.46. The Bertz CT molecular complexity index is 2840. The summed E-state index contributed by atoms with van der Waals surface area (Å²) in [5, 5.41) is 16.7. The van der Waals surface area contributed by atoms with Gasteiger partial charge in [0.05, 0.1) is 5.69 Å². The maximum Gasteiger partial charge on any atom is 0.136 e. The lowest BCUT2D eigenvalue weighted by Crippen LogP contribution is -1.97. The summed E-state index contributed by atoms with van der Waals surface area (Å²) in [6, 6.07) is 57.6. The van der Waals surface area contributed by atoms with Gasteiger partial charge in [0, 0.05) is 16.2 Å². The molecule has 0 spiro atoms. The summed E-state index contributed by atoms with van der Waals surface area (Å²) in [4.78, 5) is 1.73. The largest absolute Gasteiger partial charge is 0.456 e. The van der Waals surface area contributed by atoms with Crippen molar-refractivity contribution in [2.24, 2.45) is 0 Å². The van der Waals surface area contributed by atoms with Crippen molar-refractivity contribution in [3.05, 3.63) is 164 Å². The van der Waals surface area contributed by atoms with Crippen molar-refractivity contribution in [2.75, 3.05) is 0 Å². The summed E-state index contributed by atoms with van der Waals surface area (Å²) >= 11 is 0. The minimum Gasteiger partial charge on any atom is -0.456 e. The van der Waals surface area contributed by atoms with Crippen LogP contribution in [0, 0.1) is 0 Å². The van der Waals surface area contributed by atoms with Gasteiger partial charge in [-0.3, -0.25) is 0 Å². The highest BCUT2D eigenvalue weighted by Crippen LogP contribution is 2.41. The fourth-order valence-corrected chi connectivity index (χ4v) is 7.22. The van der Waals surface area contributed by atoms with Crippen LogP contribution in [0.3, 0.4) is 0 Å². The van der Waals surface area contributed by atoms with E-state index in [2.05, 4.69) is 121 Å². The summed E-state index contributed by atoms with van der Waals surface area (Å²) in [5.74, 6) is 0. The minimum absolute atomic E-state index is 0.883. The van der Waals surface area contributed by atoms with Crippen LogP contribution in [0.1, 0.15) is 0 Å². The molecule has 224 valence electrons. The van der Waals surface area contributed by atoms with E-state index in [0.717, 1.165) is 49.4 Å². The van der Waals surface area contributed by atoms with Crippen LogP contribution in [-0.2, 0) is 0 Å². The topological polar surface area (TPSA) is 43.9 Å². The van der Waals surface area contributed by atoms with Gasteiger partial charge in [0.2, 0.25) is 0 Å². The second kappa shape index (κ2) is 10.5. The van der Waals surface area contributed by atoms with Gasteiger partial charge in [0.25, 0.3) is 0 Å². The molecule has 0 fully saturated rings. The second-order valence-electron chi connectivity index (χ2n) is 12.3. The Balaban J connectivity index is 1.09. The lowest BCUT2D eigenvalue weighted by atomic mass is 9.90. The van der Waals surface area contributed by atoms with E-state index in [1.54, 1.807) is 4.80 Å². The van der Waals surface area contributed by atoms with Crippen LogP contribution >= 0.6 is 0 Å². The molecule has 8 aromatic carbocycles. The second-order valence-corrected chi connectivity index (χ2v) is 12.3. The molecule has 48 heavy (non-hydrogen) atoms. The first-order chi connectivity index (χ1) is 23.8. The van der Waals surface area contributed by atoms with Gasteiger partial charge >= 0.3 is 0 Å². The predicted molar refractivity (Wildman–Crippen MR) is 197 cm³/mol. The van der Waals surface area contributed by atoms with E-state index in [1.807, 2.05) is 42.5 Å². The van der Waals surface area contributed by atoms with E-state index in [-0.39, 0.29) is 0 Å². The number of fused-ring (bicyclic) bond motifs is 8. The molecule has 2 aromatic heterocycles. The number of hydrogen-bond donors (Lipinski definition) is 0. The lowest BCUT2D eigenvalue weighted by Gasteiger charge is -2.13. The third-order valence-electron chi connectivity index (χ3n) is 9.46. The standard InChI is InChI=1S/C44H27N3O/c1-2-12-33(13-3-1)47-45-39-25-23-28-20-21-32-27-30(22-24-35(32)42(28)44(39)46-47)29-10-8-11-31(26-29)34-14-4-5-15-36(34)37-17-9-19-41-43(37)38-16-6-7-18-40(38)48-41/h1-27H. The zero-order valence-electron chi connectivity index (χ0n) is 25.8. The fourth-order valence-electron chi connectivity index (χ4n) is 7.22. The van der Waals surface area contributed by atoms with E-state index in [0.29, 0.717) is 0 Å². The zero-order valence-corrected chi connectivity index (χ0v) is 25.8. The van der Waals surface area contributed by atoms with Crippen LogP contribution in [-0.4, -0.2) is 15.0 Å². The molecular weight excluding hydrogens is 587 g/mol. The van der Waals surface area contributed by atoms with E-state index in [1.165, 1.54) is 44.2 Å². The highest BCUT2D eigenvalue weighted by atomic mass is 16.3. The van der Waals surface area contributed by atoms with E-state index < -0.39 is 0 Å². The van der Waals surface area contributed by atoms with Gasteiger partial charge in [-0.15, -0.1) is 10.2 Å². The molecule has 0 saturated heterocycles. The SMILES string of the molecule is c1ccc(-n2nc3ccc4ccc5cc(-c6cccc(-c7ccccc7-c7cccc8oc9ccccc9c78)c6)ccc5c4c3n2)cc1. The van der Waals surface area contributed by atoms with Crippen LogP contribution < -0.4 is 0 Å². The van der Waals surface area contributed by atoms with Crippen molar-refractivity contribution in [1.29, 1.82) is 0 Å². The molecule has 0 amide bonds. The van der Waals surface area contributed by atoms with Crippen molar-refractivity contribution in [3.8, 4) is 39.1 Å². The quantitative estimate of drug-likeness (QED) is 0.186. The highest BCUT2D eigenvalue weighted by Gasteiger charge is 2.16. The van der Waals surface area contributed by atoms with Gasteiger partial charge in [-0.2, -0.15) is 4.80 Å². The van der Waals surface area contributed by atoms with Crippen molar-refractivity contribution >= 4 is 54.5 Å². The molecule has 0 atom stereocenters. The molecule has 0 aliphatic heterocycles. The van der Waals surface area contributed by atoms with Crippen molar-refractivity contribution in [3.63, 3.8) is 0 Å². The summed E-state index contributed by atoms with van der Waals surface area (Å²) in [6.07, 6.45) is 0. The van der Waals surface area contributed by atoms with E-state index in [4.69, 9.17) is 14.6 Å². The Morgan fingerprint density at radius 1 is 0.417 bits per heavy atom. The van der Waals surface area contributed by atoms with Gasteiger partial charge in [-0.1, -0.05) is 121 Å². The first-order valence-corrected chi connectivity index (χ1v) is 16.2. The number of rotatable bonds is 4. The number of nitrogens with zero attached hydrogens (tertiary/aromatic N) is 3.